The highest BCUT2D eigenvalue weighted by atomic mass is 127. The van der Waals surface area contributed by atoms with E-state index in [1.165, 1.54) is 32.5 Å². The van der Waals surface area contributed by atoms with Gasteiger partial charge in [0.1, 0.15) is 0 Å². The predicted molar refractivity (Wildman–Crippen MR) is 109 cm³/mol. The molecule has 0 aromatic rings. The fourth-order valence-electron chi connectivity index (χ4n) is 4.11. The van der Waals surface area contributed by atoms with Gasteiger partial charge in [0.15, 0.2) is 5.96 Å². The van der Waals surface area contributed by atoms with Crippen LogP contribution in [0.3, 0.4) is 0 Å². The zero-order chi connectivity index (χ0) is 16.1. The van der Waals surface area contributed by atoms with E-state index in [4.69, 9.17) is 4.74 Å². The first-order chi connectivity index (χ1) is 11.3. The molecule has 0 saturated carbocycles. The average Bonchev–Trinajstić information content (AvgIpc) is 3.26. The summed E-state index contributed by atoms with van der Waals surface area (Å²) in [6.07, 6.45) is 2.56. The fraction of sp³-hybridized carbons (Fsp3) is 0.941. The summed E-state index contributed by atoms with van der Waals surface area (Å²) in [7, 11) is 1.91. The van der Waals surface area contributed by atoms with E-state index in [9.17, 15) is 0 Å². The van der Waals surface area contributed by atoms with E-state index in [-0.39, 0.29) is 24.0 Å². The first-order valence-electron chi connectivity index (χ1n) is 9.30. The van der Waals surface area contributed by atoms with Crippen LogP contribution in [0, 0.1) is 5.92 Å². The molecule has 3 aliphatic heterocycles. The Hall–Kier alpha value is -0.120. The van der Waals surface area contributed by atoms with Crippen molar-refractivity contribution in [1.29, 1.82) is 0 Å². The summed E-state index contributed by atoms with van der Waals surface area (Å²) in [4.78, 5) is 12.1. The second-order valence-corrected chi connectivity index (χ2v) is 7.01. The van der Waals surface area contributed by atoms with Gasteiger partial charge in [-0.3, -0.25) is 9.89 Å². The number of rotatable bonds is 4. The molecule has 140 valence electrons. The van der Waals surface area contributed by atoms with Gasteiger partial charge < -0.3 is 19.9 Å². The molecule has 7 heteroatoms. The van der Waals surface area contributed by atoms with Crippen LogP contribution in [-0.2, 0) is 4.74 Å². The number of aliphatic imine (C=N–C) groups is 1. The standard InChI is InChI=1S/C17H33N5O.HI/c1-3-20-6-4-15(13-20)12-19-17(18-2)22-7-5-16(14-22)21-8-10-23-11-9-21;/h15-16H,3-14H2,1-2H3,(H,18,19);1H. The van der Waals surface area contributed by atoms with Gasteiger partial charge >= 0.3 is 0 Å². The van der Waals surface area contributed by atoms with Crippen molar-refractivity contribution in [2.24, 2.45) is 10.9 Å². The number of hydrogen-bond acceptors (Lipinski definition) is 4. The molecule has 0 bridgehead atoms. The molecule has 0 aromatic carbocycles. The molecule has 0 spiro atoms. The lowest BCUT2D eigenvalue weighted by atomic mass is 10.1. The summed E-state index contributed by atoms with van der Waals surface area (Å²) in [5.41, 5.74) is 0. The minimum atomic E-state index is 0. The Kier molecular flexibility index (Phi) is 8.53. The number of nitrogens with zero attached hydrogens (tertiary/aromatic N) is 4. The Bertz CT molecular complexity index is 402. The average molecular weight is 451 g/mol. The Morgan fingerprint density at radius 2 is 1.92 bits per heavy atom. The second kappa shape index (κ2) is 10.1. The predicted octanol–water partition coefficient (Wildman–Crippen LogP) is 0.928. The molecule has 0 amide bonds. The summed E-state index contributed by atoms with van der Waals surface area (Å²) < 4.78 is 5.47. The Labute approximate surface area is 164 Å². The summed E-state index contributed by atoms with van der Waals surface area (Å²) in [5.74, 6) is 1.86. The SMILES string of the molecule is CCN1CCC(CNC(=NC)N2CCC(N3CCOCC3)C2)C1.I. The molecule has 24 heavy (non-hydrogen) atoms. The molecule has 0 radical (unpaired) electrons. The zero-order valence-corrected chi connectivity index (χ0v) is 17.6. The van der Waals surface area contributed by atoms with Crippen molar-refractivity contribution in [3.05, 3.63) is 0 Å². The van der Waals surface area contributed by atoms with Crippen LogP contribution in [0.4, 0.5) is 0 Å². The minimum absolute atomic E-state index is 0. The molecule has 3 fully saturated rings. The zero-order valence-electron chi connectivity index (χ0n) is 15.2. The lowest BCUT2D eigenvalue weighted by Gasteiger charge is -2.32. The van der Waals surface area contributed by atoms with Gasteiger partial charge in [-0.05, 0) is 31.8 Å². The molecular weight excluding hydrogens is 417 g/mol. The van der Waals surface area contributed by atoms with Crippen LogP contribution in [0.15, 0.2) is 4.99 Å². The maximum absolute atomic E-state index is 5.47. The topological polar surface area (TPSA) is 43.3 Å². The number of morpholine rings is 1. The van der Waals surface area contributed by atoms with E-state index >= 15 is 0 Å². The summed E-state index contributed by atoms with van der Waals surface area (Å²) in [6, 6.07) is 0.666. The summed E-state index contributed by atoms with van der Waals surface area (Å²) in [5, 5.41) is 3.63. The van der Waals surface area contributed by atoms with E-state index in [0.29, 0.717) is 6.04 Å². The largest absolute Gasteiger partial charge is 0.379 e. The van der Waals surface area contributed by atoms with Gasteiger partial charge in [-0.15, -0.1) is 24.0 Å². The van der Waals surface area contributed by atoms with Gasteiger partial charge in [-0.25, -0.2) is 0 Å². The minimum Gasteiger partial charge on any atom is -0.379 e. The molecule has 1 N–H and O–H groups in total. The molecule has 6 nitrogen and oxygen atoms in total. The molecule has 3 aliphatic rings. The number of guanidine groups is 1. The number of hydrogen-bond donors (Lipinski definition) is 1. The van der Waals surface area contributed by atoms with Gasteiger partial charge in [0.25, 0.3) is 0 Å². The normalized spacial score (nSPS) is 29.8. The highest BCUT2D eigenvalue weighted by Gasteiger charge is 2.30. The van der Waals surface area contributed by atoms with Crippen molar-refractivity contribution in [3.8, 4) is 0 Å². The van der Waals surface area contributed by atoms with Crippen molar-refractivity contribution in [2.45, 2.75) is 25.8 Å². The Balaban J connectivity index is 0.00000208. The molecule has 3 heterocycles. The van der Waals surface area contributed by atoms with Gasteiger partial charge in [0.05, 0.1) is 13.2 Å². The molecule has 0 aliphatic carbocycles. The Morgan fingerprint density at radius 3 is 2.58 bits per heavy atom. The lowest BCUT2D eigenvalue weighted by molar-refractivity contribution is 0.0195. The molecule has 3 saturated heterocycles. The van der Waals surface area contributed by atoms with Crippen LogP contribution in [0.5, 0.6) is 0 Å². The first-order valence-corrected chi connectivity index (χ1v) is 9.30. The highest BCUT2D eigenvalue weighted by Crippen LogP contribution is 2.18. The van der Waals surface area contributed by atoms with Crippen molar-refractivity contribution >= 4 is 29.9 Å². The number of ether oxygens (including phenoxy) is 1. The third kappa shape index (κ3) is 5.19. The summed E-state index contributed by atoms with van der Waals surface area (Å²) >= 11 is 0. The lowest BCUT2D eigenvalue weighted by Crippen LogP contribution is -2.47. The van der Waals surface area contributed by atoms with Crippen LogP contribution < -0.4 is 5.32 Å². The fourth-order valence-corrected chi connectivity index (χ4v) is 4.11. The van der Waals surface area contributed by atoms with Crippen molar-refractivity contribution in [2.75, 3.05) is 72.6 Å². The van der Waals surface area contributed by atoms with Crippen LogP contribution in [-0.4, -0.2) is 99.3 Å². The molecule has 2 unspecified atom stereocenters. The van der Waals surface area contributed by atoms with Crippen LogP contribution in [0.25, 0.3) is 0 Å². The van der Waals surface area contributed by atoms with E-state index in [1.807, 2.05) is 7.05 Å². The van der Waals surface area contributed by atoms with Crippen LogP contribution in [0.2, 0.25) is 0 Å². The van der Waals surface area contributed by atoms with E-state index < -0.39 is 0 Å². The van der Waals surface area contributed by atoms with Gasteiger partial charge in [0.2, 0.25) is 0 Å². The first kappa shape index (κ1) is 20.2. The third-order valence-electron chi connectivity index (χ3n) is 5.60. The maximum atomic E-state index is 5.47. The maximum Gasteiger partial charge on any atom is 0.193 e. The van der Waals surface area contributed by atoms with Gasteiger partial charge in [-0.1, -0.05) is 6.92 Å². The van der Waals surface area contributed by atoms with E-state index in [0.717, 1.165) is 57.8 Å². The highest BCUT2D eigenvalue weighted by molar-refractivity contribution is 14.0. The molecular formula is C17H34IN5O. The third-order valence-corrected chi connectivity index (χ3v) is 5.60. The number of halogens is 1. The molecule has 3 rings (SSSR count). The van der Waals surface area contributed by atoms with Gasteiger partial charge in [-0.2, -0.15) is 0 Å². The van der Waals surface area contributed by atoms with E-state index in [1.54, 1.807) is 0 Å². The van der Waals surface area contributed by atoms with Crippen molar-refractivity contribution in [3.63, 3.8) is 0 Å². The number of nitrogens with one attached hydrogen (secondary N) is 1. The van der Waals surface area contributed by atoms with Crippen LogP contribution in [0.1, 0.15) is 19.8 Å². The quantitative estimate of drug-likeness (QED) is 0.392. The van der Waals surface area contributed by atoms with Gasteiger partial charge in [0, 0.05) is 52.4 Å². The number of likely N-dealkylation sites (tertiary alicyclic amines) is 2. The summed E-state index contributed by atoms with van der Waals surface area (Å²) in [6.45, 7) is 13.1. The van der Waals surface area contributed by atoms with Crippen molar-refractivity contribution in [1.82, 2.24) is 20.0 Å². The second-order valence-electron chi connectivity index (χ2n) is 7.01. The van der Waals surface area contributed by atoms with Crippen LogP contribution >= 0.6 is 24.0 Å². The Morgan fingerprint density at radius 1 is 1.12 bits per heavy atom. The molecule has 0 aromatic heterocycles. The molecule has 2 atom stereocenters. The smallest absolute Gasteiger partial charge is 0.193 e. The monoisotopic (exact) mass is 451 g/mol. The van der Waals surface area contributed by atoms with Crippen molar-refractivity contribution < 1.29 is 4.74 Å². The van der Waals surface area contributed by atoms with E-state index in [2.05, 4.69) is 31.9 Å².